The van der Waals surface area contributed by atoms with Crippen molar-refractivity contribution in [3.63, 3.8) is 0 Å². The number of rotatable bonds is 6. The van der Waals surface area contributed by atoms with Crippen LogP contribution < -0.4 is 5.32 Å². The van der Waals surface area contributed by atoms with Crippen molar-refractivity contribution in [2.75, 3.05) is 26.2 Å². The molecule has 2 aliphatic rings. The third-order valence-electron chi connectivity index (χ3n) is 5.47. The molecule has 0 aliphatic carbocycles. The summed E-state index contributed by atoms with van der Waals surface area (Å²) in [6, 6.07) is 12.5. The molecule has 2 aromatic rings. The fourth-order valence-electron chi connectivity index (χ4n) is 4.11. The molecule has 1 atom stereocenters. The fourth-order valence-corrected chi connectivity index (χ4v) is 4.11. The van der Waals surface area contributed by atoms with Gasteiger partial charge in [-0.25, -0.2) is 0 Å². The lowest BCUT2D eigenvalue weighted by Gasteiger charge is -2.33. The number of amides is 1. The van der Waals surface area contributed by atoms with Crippen molar-refractivity contribution < 1.29 is 9.21 Å². The monoisotopic (exact) mass is 353 g/mol. The Morgan fingerprint density at radius 2 is 1.77 bits per heavy atom. The standard InChI is InChI=1S/C21H27N3O2/c25-21(16-23-14-17-7-2-3-8-18(17)15-23)22-13-19(20-9-6-12-26-20)24-10-4-1-5-11-24/h2-3,6-9,12,19H,1,4-5,10-11,13-16H2,(H,22,25)/t19-/m0/s1. The van der Waals surface area contributed by atoms with Crippen LogP contribution in [0.2, 0.25) is 0 Å². The maximum absolute atomic E-state index is 12.5. The predicted octanol–water partition coefficient (Wildman–Crippen LogP) is 2.94. The van der Waals surface area contributed by atoms with Crippen molar-refractivity contribution in [2.45, 2.75) is 38.4 Å². The highest BCUT2D eigenvalue weighted by atomic mass is 16.3. The van der Waals surface area contributed by atoms with E-state index >= 15 is 0 Å². The second-order valence-electron chi connectivity index (χ2n) is 7.35. The number of nitrogens with one attached hydrogen (secondary N) is 1. The molecule has 26 heavy (non-hydrogen) atoms. The van der Waals surface area contributed by atoms with E-state index in [2.05, 4.69) is 39.4 Å². The lowest BCUT2D eigenvalue weighted by atomic mass is 10.1. The largest absolute Gasteiger partial charge is 0.468 e. The van der Waals surface area contributed by atoms with Crippen molar-refractivity contribution >= 4 is 5.91 Å². The summed E-state index contributed by atoms with van der Waals surface area (Å²) in [4.78, 5) is 17.1. The smallest absolute Gasteiger partial charge is 0.234 e. The van der Waals surface area contributed by atoms with Gasteiger partial charge < -0.3 is 9.73 Å². The normalized spacial score (nSPS) is 19.2. The van der Waals surface area contributed by atoms with Gasteiger partial charge >= 0.3 is 0 Å². The third-order valence-corrected chi connectivity index (χ3v) is 5.47. The van der Waals surface area contributed by atoms with Crippen LogP contribution >= 0.6 is 0 Å². The molecule has 0 saturated carbocycles. The third kappa shape index (κ3) is 4.00. The SMILES string of the molecule is O=C(CN1Cc2ccccc2C1)NC[C@@H](c1ccco1)N1CCCCC1. The van der Waals surface area contributed by atoms with Gasteiger partial charge in [0.25, 0.3) is 0 Å². The van der Waals surface area contributed by atoms with Crippen molar-refractivity contribution in [2.24, 2.45) is 0 Å². The Hall–Kier alpha value is -2.11. The molecule has 0 bridgehead atoms. The highest BCUT2D eigenvalue weighted by Crippen LogP contribution is 2.25. The first-order chi connectivity index (χ1) is 12.8. The van der Waals surface area contributed by atoms with E-state index in [4.69, 9.17) is 4.42 Å². The van der Waals surface area contributed by atoms with Crippen molar-refractivity contribution in [3.05, 3.63) is 59.5 Å². The van der Waals surface area contributed by atoms with E-state index in [1.54, 1.807) is 6.26 Å². The van der Waals surface area contributed by atoms with Crippen LogP contribution in [0.15, 0.2) is 47.1 Å². The summed E-state index contributed by atoms with van der Waals surface area (Å²) >= 11 is 0. The molecule has 3 heterocycles. The molecule has 0 spiro atoms. The molecule has 0 unspecified atom stereocenters. The van der Waals surface area contributed by atoms with Gasteiger partial charge in [0.05, 0.1) is 18.8 Å². The van der Waals surface area contributed by atoms with Crippen LogP contribution in [0.3, 0.4) is 0 Å². The number of hydrogen-bond acceptors (Lipinski definition) is 4. The number of nitrogens with zero attached hydrogens (tertiary/aromatic N) is 2. The second-order valence-corrected chi connectivity index (χ2v) is 7.35. The molecule has 1 amide bonds. The van der Waals surface area contributed by atoms with E-state index in [0.29, 0.717) is 13.1 Å². The second kappa shape index (κ2) is 8.06. The molecular weight excluding hydrogens is 326 g/mol. The van der Waals surface area contributed by atoms with Crippen molar-refractivity contribution in [3.8, 4) is 0 Å². The van der Waals surface area contributed by atoms with Crippen LogP contribution in [0.4, 0.5) is 0 Å². The van der Waals surface area contributed by atoms with Crippen LogP contribution in [-0.4, -0.2) is 41.9 Å². The van der Waals surface area contributed by atoms with Gasteiger partial charge in [-0.15, -0.1) is 0 Å². The minimum absolute atomic E-state index is 0.0892. The van der Waals surface area contributed by atoms with Crippen LogP contribution in [0.25, 0.3) is 0 Å². The number of benzene rings is 1. The van der Waals surface area contributed by atoms with Gasteiger partial charge in [-0.2, -0.15) is 0 Å². The van der Waals surface area contributed by atoms with E-state index in [9.17, 15) is 4.79 Å². The number of carbonyl (C=O) groups is 1. The average molecular weight is 353 g/mol. The number of furan rings is 1. The molecule has 1 aromatic heterocycles. The average Bonchev–Trinajstić information content (AvgIpc) is 3.32. The maximum Gasteiger partial charge on any atom is 0.234 e. The minimum atomic E-state index is 0.0892. The van der Waals surface area contributed by atoms with E-state index in [1.165, 1.54) is 30.4 Å². The predicted molar refractivity (Wildman–Crippen MR) is 100 cm³/mol. The number of hydrogen-bond donors (Lipinski definition) is 1. The Bertz CT molecular complexity index is 698. The number of likely N-dealkylation sites (tertiary alicyclic amines) is 1. The topological polar surface area (TPSA) is 48.7 Å². The molecule has 2 aliphatic heterocycles. The van der Waals surface area contributed by atoms with Gasteiger partial charge in [0, 0.05) is 19.6 Å². The summed E-state index contributed by atoms with van der Waals surface area (Å²) in [6.45, 7) is 4.91. The molecule has 1 fully saturated rings. The first-order valence-corrected chi connectivity index (χ1v) is 9.63. The van der Waals surface area contributed by atoms with Gasteiger partial charge in [0.15, 0.2) is 0 Å². The maximum atomic E-state index is 12.5. The van der Waals surface area contributed by atoms with E-state index in [0.717, 1.165) is 31.9 Å². The van der Waals surface area contributed by atoms with E-state index in [1.807, 2.05) is 12.1 Å². The highest BCUT2D eigenvalue weighted by Gasteiger charge is 2.26. The molecule has 5 heteroatoms. The summed E-state index contributed by atoms with van der Waals surface area (Å²) in [7, 11) is 0. The first kappa shape index (κ1) is 17.3. The summed E-state index contributed by atoms with van der Waals surface area (Å²) < 4.78 is 5.65. The Balaban J connectivity index is 1.32. The summed E-state index contributed by atoms with van der Waals surface area (Å²) in [5, 5.41) is 3.14. The number of carbonyl (C=O) groups excluding carboxylic acids is 1. The zero-order chi connectivity index (χ0) is 17.8. The van der Waals surface area contributed by atoms with Gasteiger partial charge in [-0.05, 0) is 49.2 Å². The van der Waals surface area contributed by atoms with Crippen LogP contribution in [0.1, 0.15) is 42.2 Å². The Kier molecular flexibility index (Phi) is 5.37. The number of fused-ring (bicyclic) bond motifs is 1. The Morgan fingerprint density at radius 3 is 2.42 bits per heavy atom. The molecular formula is C21H27N3O2. The Labute approximate surface area is 155 Å². The van der Waals surface area contributed by atoms with Crippen LogP contribution in [0, 0.1) is 0 Å². The number of piperidine rings is 1. The zero-order valence-electron chi connectivity index (χ0n) is 15.2. The molecule has 1 N–H and O–H groups in total. The molecule has 1 saturated heterocycles. The first-order valence-electron chi connectivity index (χ1n) is 9.63. The minimum Gasteiger partial charge on any atom is -0.468 e. The quantitative estimate of drug-likeness (QED) is 0.867. The van der Waals surface area contributed by atoms with Gasteiger partial charge in [-0.3, -0.25) is 14.6 Å². The summed E-state index contributed by atoms with van der Waals surface area (Å²) in [5.74, 6) is 1.03. The zero-order valence-corrected chi connectivity index (χ0v) is 15.2. The van der Waals surface area contributed by atoms with Crippen molar-refractivity contribution in [1.29, 1.82) is 0 Å². The summed E-state index contributed by atoms with van der Waals surface area (Å²) in [6.07, 6.45) is 5.45. The van der Waals surface area contributed by atoms with Gasteiger partial charge in [0.1, 0.15) is 5.76 Å². The molecule has 0 radical (unpaired) electrons. The summed E-state index contributed by atoms with van der Waals surface area (Å²) in [5.41, 5.74) is 2.67. The van der Waals surface area contributed by atoms with Crippen LogP contribution in [0.5, 0.6) is 0 Å². The van der Waals surface area contributed by atoms with E-state index < -0.39 is 0 Å². The molecule has 4 rings (SSSR count). The van der Waals surface area contributed by atoms with Gasteiger partial charge in [-0.1, -0.05) is 30.7 Å². The fraction of sp³-hybridized carbons (Fsp3) is 0.476. The highest BCUT2D eigenvalue weighted by molar-refractivity contribution is 5.78. The van der Waals surface area contributed by atoms with Gasteiger partial charge in [0.2, 0.25) is 5.91 Å². The van der Waals surface area contributed by atoms with Crippen molar-refractivity contribution in [1.82, 2.24) is 15.1 Å². The van der Waals surface area contributed by atoms with E-state index in [-0.39, 0.29) is 11.9 Å². The molecule has 138 valence electrons. The lowest BCUT2D eigenvalue weighted by Crippen LogP contribution is -2.42. The molecule has 1 aromatic carbocycles. The van der Waals surface area contributed by atoms with Crippen LogP contribution in [-0.2, 0) is 17.9 Å². The lowest BCUT2D eigenvalue weighted by molar-refractivity contribution is -0.122. The Morgan fingerprint density at radius 1 is 1.04 bits per heavy atom. The molecule has 5 nitrogen and oxygen atoms in total.